The van der Waals surface area contributed by atoms with Crippen LogP contribution >= 0.6 is 52.4 Å². The highest BCUT2D eigenvalue weighted by Crippen LogP contribution is 2.55. The summed E-state index contributed by atoms with van der Waals surface area (Å²) < 4.78 is 0. The van der Waals surface area contributed by atoms with Gasteiger partial charge < -0.3 is 0 Å². The molecule has 0 bridgehead atoms. The lowest BCUT2D eigenvalue weighted by Crippen LogP contribution is -2.05. The molecule has 0 radical (unpaired) electrons. The van der Waals surface area contributed by atoms with Crippen LogP contribution in [-0.2, 0) is 0 Å². The average Bonchev–Trinajstić information content (AvgIpc) is 3.65. The maximum Gasteiger partial charge on any atom is 0.107 e. The van der Waals surface area contributed by atoms with Crippen molar-refractivity contribution in [3.63, 3.8) is 0 Å². The molecule has 0 spiro atoms. The molecule has 1 aromatic rings. The van der Waals surface area contributed by atoms with E-state index in [2.05, 4.69) is 54.0 Å². The summed E-state index contributed by atoms with van der Waals surface area (Å²) in [6.07, 6.45) is 0. The lowest BCUT2D eigenvalue weighted by molar-refractivity contribution is 0.811. The van der Waals surface area contributed by atoms with Crippen LogP contribution in [-0.4, -0.2) is 93.9 Å². The van der Waals surface area contributed by atoms with Gasteiger partial charge in [0.1, 0.15) is 10.1 Å². The first-order chi connectivity index (χ1) is 15.4. The van der Waals surface area contributed by atoms with Gasteiger partial charge in [-0.2, -0.15) is 0 Å². The van der Waals surface area contributed by atoms with Gasteiger partial charge in [-0.25, -0.2) is 4.98 Å². The molecular formula is C20H30N6S5. The van der Waals surface area contributed by atoms with Crippen LogP contribution in [0.25, 0.3) is 0 Å². The van der Waals surface area contributed by atoms with E-state index in [1.54, 1.807) is 14.7 Å². The van der Waals surface area contributed by atoms with Gasteiger partial charge in [0.05, 0.1) is 0 Å². The minimum absolute atomic E-state index is 0.101. The Morgan fingerprint density at radius 1 is 0.452 bits per heavy atom. The molecule has 6 rings (SSSR count). The summed E-state index contributed by atoms with van der Waals surface area (Å²) >= 11 is 0. The summed E-state index contributed by atoms with van der Waals surface area (Å²) in [6, 6.07) is 0. The molecule has 5 N–H and O–H groups in total. The van der Waals surface area contributed by atoms with Crippen molar-refractivity contribution in [2.45, 2.75) is 24.7 Å². The minimum Gasteiger partial charge on any atom is -0.289 e. The summed E-state index contributed by atoms with van der Waals surface area (Å²) in [7, 11) is 0.640. The van der Waals surface area contributed by atoms with Gasteiger partial charge in [-0.3, -0.25) is 26.6 Å². The van der Waals surface area contributed by atoms with Crippen LogP contribution in [0, 0.1) is 0 Å². The molecule has 1 aromatic heterocycles. The molecule has 5 aliphatic heterocycles. The fourth-order valence-corrected chi connectivity index (χ4v) is 15.5. The third kappa shape index (κ3) is 4.20. The van der Waals surface area contributed by atoms with Crippen molar-refractivity contribution in [2.24, 2.45) is 0 Å². The van der Waals surface area contributed by atoms with Gasteiger partial charge in [0, 0.05) is 104 Å². The van der Waals surface area contributed by atoms with Crippen LogP contribution in [0.15, 0.2) is 24.7 Å². The van der Waals surface area contributed by atoms with Crippen molar-refractivity contribution in [1.29, 1.82) is 0 Å². The Hall–Kier alpha value is 0.0500. The third-order valence-electron chi connectivity index (χ3n) is 5.75. The summed E-state index contributed by atoms with van der Waals surface area (Å²) in [5, 5.41) is 20.5. The lowest BCUT2D eigenvalue weighted by Gasteiger charge is -2.25. The summed E-state index contributed by atoms with van der Waals surface area (Å²) in [6.45, 7) is 5.43. The average molecular weight is 515 g/mol. The molecule has 6 heterocycles. The van der Waals surface area contributed by atoms with Crippen molar-refractivity contribution < 1.29 is 0 Å². The SMILES string of the molecule is C1=S(c2nc(S3=CNCC3)c(S3=CNCC3)c(S3=CNCC3)c2S2=CNCC2)CCN1. The van der Waals surface area contributed by atoms with E-state index >= 15 is 0 Å². The predicted molar refractivity (Wildman–Crippen MR) is 148 cm³/mol. The largest absolute Gasteiger partial charge is 0.289 e. The number of nitrogens with one attached hydrogen (secondary N) is 5. The summed E-state index contributed by atoms with van der Waals surface area (Å²) in [4.78, 5) is 10.5. The van der Waals surface area contributed by atoms with Gasteiger partial charge in [0.2, 0.25) is 0 Å². The van der Waals surface area contributed by atoms with Gasteiger partial charge in [0.15, 0.2) is 0 Å². The molecule has 0 aromatic carbocycles. The first-order valence-corrected chi connectivity index (χ1v) is 18.1. The van der Waals surface area contributed by atoms with Gasteiger partial charge in [-0.05, 0) is 0 Å². The number of pyridine rings is 1. The fraction of sp³-hybridized carbons (Fsp3) is 0.500. The Morgan fingerprint density at radius 2 is 0.774 bits per heavy atom. The molecule has 31 heavy (non-hydrogen) atoms. The van der Waals surface area contributed by atoms with Crippen molar-refractivity contribution >= 4 is 79.9 Å². The molecule has 0 saturated carbocycles. The molecule has 0 aliphatic carbocycles. The number of hydrogen-bond acceptors (Lipinski definition) is 6. The van der Waals surface area contributed by atoms with E-state index in [0.29, 0.717) is 0 Å². The van der Waals surface area contributed by atoms with Crippen molar-refractivity contribution in [1.82, 2.24) is 31.6 Å². The maximum absolute atomic E-state index is 5.63. The zero-order valence-electron chi connectivity index (χ0n) is 17.4. The Labute approximate surface area is 196 Å². The van der Waals surface area contributed by atoms with Crippen LogP contribution in [0.3, 0.4) is 0 Å². The zero-order valence-corrected chi connectivity index (χ0v) is 21.5. The van der Waals surface area contributed by atoms with E-state index in [1.165, 1.54) is 38.8 Å². The zero-order chi connectivity index (χ0) is 20.6. The molecule has 5 atom stereocenters. The van der Waals surface area contributed by atoms with E-state index in [4.69, 9.17) is 4.98 Å². The second-order valence-corrected chi connectivity index (χ2v) is 17.2. The Balaban J connectivity index is 1.70. The van der Waals surface area contributed by atoms with E-state index in [0.717, 1.165) is 32.7 Å². The molecule has 11 heteroatoms. The van der Waals surface area contributed by atoms with E-state index < -0.39 is 0 Å². The second-order valence-electron chi connectivity index (χ2n) is 7.73. The molecule has 5 unspecified atom stereocenters. The lowest BCUT2D eigenvalue weighted by atomic mass is 10.5. The molecule has 0 fully saturated rings. The number of rotatable bonds is 5. The van der Waals surface area contributed by atoms with Crippen LogP contribution in [0.4, 0.5) is 0 Å². The molecule has 6 nitrogen and oxygen atoms in total. The maximum atomic E-state index is 5.63. The summed E-state index contributed by atoms with van der Waals surface area (Å²) in [5.74, 6) is 6.03. The van der Waals surface area contributed by atoms with Crippen LogP contribution < -0.4 is 26.6 Å². The highest BCUT2D eigenvalue weighted by Gasteiger charge is 2.30. The van der Waals surface area contributed by atoms with Crippen molar-refractivity contribution in [2.75, 3.05) is 61.5 Å². The summed E-state index contributed by atoms with van der Waals surface area (Å²) in [5.41, 5.74) is 11.9. The Morgan fingerprint density at radius 3 is 1.10 bits per heavy atom. The molecule has 0 saturated heterocycles. The van der Waals surface area contributed by atoms with Gasteiger partial charge in [0.25, 0.3) is 0 Å². The minimum atomic E-state index is 0.101. The Kier molecular flexibility index (Phi) is 6.77. The van der Waals surface area contributed by atoms with Crippen molar-refractivity contribution in [3.8, 4) is 0 Å². The predicted octanol–water partition coefficient (Wildman–Crippen LogP) is 1.04. The third-order valence-corrected chi connectivity index (χ3v) is 16.1. The number of aromatic nitrogens is 1. The van der Waals surface area contributed by atoms with Crippen molar-refractivity contribution in [3.05, 3.63) is 0 Å². The van der Waals surface area contributed by atoms with Crippen LogP contribution in [0.1, 0.15) is 0 Å². The second kappa shape index (κ2) is 9.73. The van der Waals surface area contributed by atoms with E-state index in [1.807, 2.05) is 0 Å². The van der Waals surface area contributed by atoms with E-state index in [9.17, 15) is 0 Å². The quantitative estimate of drug-likeness (QED) is 0.378. The number of nitrogens with zero attached hydrogens (tertiary/aromatic N) is 1. The van der Waals surface area contributed by atoms with Gasteiger partial charge >= 0.3 is 0 Å². The molecule has 5 aliphatic rings. The van der Waals surface area contributed by atoms with E-state index in [-0.39, 0.29) is 52.4 Å². The first-order valence-electron chi connectivity index (χ1n) is 10.8. The highest BCUT2D eigenvalue weighted by atomic mass is 32.2. The standard InChI is InChI=1S/C20H30N6S5/c1-6-27(11-21-1)16-17(28-7-2-22-12-28)19(30-9-4-24-14-30)26-20(31-10-5-25-15-31)18(16)29-8-3-23-13-29/h11-15,21-25H,1-10H2. The van der Waals surface area contributed by atoms with Gasteiger partial charge in [-0.1, -0.05) is 0 Å². The molecular weight excluding hydrogens is 485 g/mol. The topological polar surface area (TPSA) is 73.0 Å². The van der Waals surface area contributed by atoms with Gasteiger partial charge in [-0.15, -0.1) is 52.4 Å². The van der Waals surface area contributed by atoms with Crippen LogP contribution in [0.2, 0.25) is 0 Å². The number of hydrogen-bond donors (Lipinski definition) is 5. The highest BCUT2D eigenvalue weighted by molar-refractivity contribution is 8.21. The smallest absolute Gasteiger partial charge is 0.107 e. The fourth-order valence-electron chi connectivity index (χ4n) is 4.27. The first kappa shape index (κ1) is 21.6. The Bertz CT molecular complexity index is 1020. The normalized spacial score (nSPS) is 34.8. The molecule has 170 valence electrons. The molecule has 0 amide bonds. The monoisotopic (exact) mass is 514 g/mol. The van der Waals surface area contributed by atoms with Crippen LogP contribution in [0.5, 0.6) is 0 Å².